The Morgan fingerprint density at radius 3 is 1.59 bits per heavy atom. The summed E-state index contributed by atoms with van der Waals surface area (Å²) in [6.07, 6.45) is 19.6. The fourth-order valence-electron chi connectivity index (χ4n) is 7.11. The van der Waals surface area contributed by atoms with Gasteiger partial charge in [0.25, 0.3) is 0 Å². The van der Waals surface area contributed by atoms with Crippen molar-refractivity contribution < 1.29 is 0 Å². The molecule has 0 aromatic rings. The molecule has 0 aromatic heterocycles. The van der Waals surface area contributed by atoms with E-state index in [1.807, 2.05) is 0 Å². The molecule has 4 atom stereocenters. The minimum absolute atomic E-state index is 0.599. The zero-order valence-corrected chi connectivity index (χ0v) is 15.0. The van der Waals surface area contributed by atoms with E-state index in [0.29, 0.717) is 5.41 Å². The number of piperidine rings is 1. The third kappa shape index (κ3) is 2.46. The highest BCUT2D eigenvalue weighted by molar-refractivity contribution is 5.07. The van der Waals surface area contributed by atoms with Gasteiger partial charge in [-0.05, 0) is 55.8 Å². The average Bonchev–Trinajstić information content (AvgIpc) is 2.56. The second-order valence-corrected chi connectivity index (χ2v) is 9.48. The highest BCUT2D eigenvalue weighted by Crippen LogP contribution is 2.56. The van der Waals surface area contributed by atoms with Crippen molar-refractivity contribution in [3.63, 3.8) is 0 Å². The van der Waals surface area contributed by atoms with Crippen molar-refractivity contribution in [3.8, 4) is 0 Å². The Hall–Kier alpha value is -0.0400. The number of fused-ring (bicyclic) bond motifs is 2. The summed E-state index contributed by atoms with van der Waals surface area (Å²) in [7, 11) is 0. The summed E-state index contributed by atoms with van der Waals surface area (Å²) in [6.45, 7) is 5.30. The van der Waals surface area contributed by atoms with Crippen LogP contribution in [0.1, 0.15) is 97.3 Å². The van der Waals surface area contributed by atoms with Crippen LogP contribution in [0.2, 0.25) is 0 Å². The normalized spacial score (nSPS) is 43.4. The zero-order chi connectivity index (χ0) is 15.2. The van der Waals surface area contributed by atoms with E-state index in [0.717, 1.165) is 30.0 Å². The molecule has 0 radical (unpaired) electrons. The van der Waals surface area contributed by atoms with Crippen LogP contribution in [0.25, 0.3) is 0 Å². The molecule has 1 heterocycles. The lowest BCUT2D eigenvalue weighted by molar-refractivity contribution is -0.141. The molecule has 4 unspecified atom stereocenters. The maximum absolute atomic E-state index is 3.16. The Bertz CT molecular complexity index is 355. The molecule has 126 valence electrons. The van der Waals surface area contributed by atoms with Crippen LogP contribution in [0.5, 0.6) is 0 Å². The van der Waals surface area contributed by atoms with Crippen LogP contribution < -0.4 is 0 Å². The van der Waals surface area contributed by atoms with Crippen LogP contribution in [-0.2, 0) is 0 Å². The molecule has 1 aliphatic heterocycles. The molecule has 1 nitrogen and oxygen atoms in total. The maximum Gasteiger partial charge on any atom is 0.0135 e. The van der Waals surface area contributed by atoms with Crippen molar-refractivity contribution in [2.75, 3.05) is 0 Å². The summed E-state index contributed by atoms with van der Waals surface area (Å²) in [6, 6.07) is 2.82. The first kappa shape index (κ1) is 15.5. The van der Waals surface area contributed by atoms with Crippen LogP contribution in [0.4, 0.5) is 0 Å². The van der Waals surface area contributed by atoms with Crippen molar-refractivity contribution in [3.05, 3.63) is 0 Å². The van der Waals surface area contributed by atoms with Crippen molar-refractivity contribution in [2.45, 2.75) is 115 Å². The predicted octanol–water partition coefficient (Wildman–Crippen LogP) is 5.78. The molecule has 0 spiro atoms. The van der Waals surface area contributed by atoms with E-state index in [2.05, 4.69) is 18.7 Å². The summed E-state index contributed by atoms with van der Waals surface area (Å²) in [4.78, 5) is 3.16. The Labute approximate surface area is 138 Å². The van der Waals surface area contributed by atoms with Gasteiger partial charge < -0.3 is 0 Å². The molecule has 3 aliphatic carbocycles. The third-order valence-electron chi connectivity index (χ3n) is 8.13. The molecule has 0 bridgehead atoms. The van der Waals surface area contributed by atoms with Gasteiger partial charge in [0, 0.05) is 18.1 Å². The molecule has 0 N–H and O–H groups in total. The Morgan fingerprint density at radius 2 is 1.05 bits per heavy atom. The quantitative estimate of drug-likeness (QED) is 0.593. The number of likely N-dealkylation sites (tertiary alicyclic amines) is 1. The highest BCUT2D eigenvalue weighted by Gasteiger charge is 2.55. The van der Waals surface area contributed by atoms with Crippen LogP contribution in [-0.4, -0.2) is 23.0 Å². The van der Waals surface area contributed by atoms with Gasteiger partial charge in [0.15, 0.2) is 0 Å². The van der Waals surface area contributed by atoms with E-state index in [9.17, 15) is 0 Å². The first-order valence-corrected chi connectivity index (χ1v) is 10.5. The number of nitrogens with zero attached hydrogens (tertiary/aromatic N) is 1. The Morgan fingerprint density at radius 1 is 0.591 bits per heavy atom. The van der Waals surface area contributed by atoms with Gasteiger partial charge in [0.1, 0.15) is 0 Å². The molecule has 22 heavy (non-hydrogen) atoms. The van der Waals surface area contributed by atoms with Gasteiger partial charge in [0.05, 0.1) is 0 Å². The lowest BCUT2D eigenvalue weighted by Crippen LogP contribution is -2.66. The van der Waals surface area contributed by atoms with E-state index in [1.54, 1.807) is 0 Å². The minimum atomic E-state index is 0.599. The molecular weight excluding hydrogens is 266 g/mol. The lowest BCUT2D eigenvalue weighted by Gasteiger charge is -2.63. The topological polar surface area (TPSA) is 3.24 Å². The second kappa shape index (κ2) is 6.11. The SMILES string of the molecule is CC1(C)C2CCCCC2N(C2CCCCC2)C2CCCCC21. The molecule has 1 heteroatoms. The Kier molecular flexibility index (Phi) is 4.30. The second-order valence-electron chi connectivity index (χ2n) is 9.48. The number of hydrogen-bond acceptors (Lipinski definition) is 1. The molecule has 0 aromatic carbocycles. The smallest absolute Gasteiger partial charge is 0.0135 e. The van der Waals surface area contributed by atoms with Crippen LogP contribution in [0.3, 0.4) is 0 Å². The van der Waals surface area contributed by atoms with E-state index in [-0.39, 0.29) is 0 Å². The third-order valence-corrected chi connectivity index (χ3v) is 8.13. The standard InChI is InChI=1S/C21H37N/c1-21(2)17-12-6-8-14-19(17)22(16-10-4-3-5-11-16)20-15-9-7-13-18(20)21/h16-20H,3-15H2,1-2H3. The van der Waals surface area contributed by atoms with E-state index in [4.69, 9.17) is 0 Å². The summed E-state index contributed by atoms with van der Waals surface area (Å²) < 4.78 is 0. The molecule has 4 rings (SSSR count). The fraction of sp³-hybridized carbons (Fsp3) is 1.00. The monoisotopic (exact) mass is 303 g/mol. The number of rotatable bonds is 1. The first-order valence-electron chi connectivity index (χ1n) is 10.5. The summed E-state index contributed by atoms with van der Waals surface area (Å²) >= 11 is 0. The van der Waals surface area contributed by atoms with Crippen molar-refractivity contribution in [2.24, 2.45) is 17.3 Å². The van der Waals surface area contributed by atoms with Crippen molar-refractivity contribution in [1.82, 2.24) is 4.90 Å². The molecule has 4 aliphatic rings. The predicted molar refractivity (Wildman–Crippen MR) is 94.0 cm³/mol. The van der Waals surface area contributed by atoms with Gasteiger partial charge in [-0.1, -0.05) is 58.8 Å². The van der Waals surface area contributed by atoms with Gasteiger partial charge in [-0.2, -0.15) is 0 Å². The fourth-order valence-corrected chi connectivity index (χ4v) is 7.11. The van der Waals surface area contributed by atoms with Gasteiger partial charge in [0.2, 0.25) is 0 Å². The van der Waals surface area contributed by atoms with Crippen molar-refractivity contribution in [1.29, 1.82) is 0 Å². The van der Waals surface area contributed by atoms with Crippen LogP contribution in [0, 0.1) is 17.3 Å². The number of hydrogen-bond donors (Lipinski definition) is 0. The van der Waals surface area contributed by atoms with Crippen LogP contribution in [0.15, 0.2) is 0 Å². The van der Waals surface area contributed by atoms with E-state index in [1.165, 1.54) is 83.5 Å². The average molecular weight is 304 g/mol. The lowest BCUT2D eigenvalue weighted by atomic mass is 9.54. The van der Waals surface area contributed by atoms with Crippen LogP contribution >= 0.6 is 0 Å². The Balaban J connectivity index is 1.67. The van der Waals surface area contributed by atoms with Gasteiger partial charge in [-0.25, -0.2) is 0 Å². The molecule has 1 saturated heterocycles. The highest BCUT2D eigenvalue weighted by atomic mass is 15.2. The van der Waals surface area contributed by atoms with Gasteiger partial charge in [-0.15, -0.1) is 0 Å². The molecule has 4 fully saturated rings. The zero-order valence-electron chi connectivity index (χ0n) is 15.0. The van der Waals surface area contributed by atoms with Gasteiger partial charge >= 0.3 is 0 Å². The molecular formula is C21H37N. The summed E-state index contributed by atoms with van der Waals surface area (Å²) in [5, 5.41) is 0. The van der Waals surface area contributed by atoms with Crippen molar-refractivity contribution >= 4 is 0 Å². The van der Waals surface area contributed by atoms with Gasteiger partial charge in [-0.3, -0.25) is 4.90 Å². The summed E-state index contributed by atoms with van der Waals surface area (Å²) in [5.74, 6) is 1.98. The molecule has 0 amide bonds. The molecule has 3 saturated carbocycles. The first-order chi connectivity index (χ1) is 10.7. The minimum Gasteiger partial charge on any atom is -0.294 e. The van der Waals surface area contributed by atoms with E-state index >= 15 is 0 Å². The largest absolute Gasteiger partial charge is 0.294 e. The summed E-state index contributed by atoms with van der Waals surface area (Å²) in [5.41, 5.74) is 0.599. The van der Waals surface area contributed by atoms with E-state index < -0.39 is 0 Å². The maximum atomic E-state index is 3.16.